The number of rotatable bonds is 7. The van der Waals surface area contributed by atoms with Gasteiger partial charge in [-0.2, -0.15) is 13.2 Å². The zero-order valence-electron chi connectivity index (χ0n) is 23.5. The third-order valence-corrected chi connectivity index (χ3v) is 8.08. The molecule has 7 N–H and O–H groups in total. The van der Waals surface area contributed by atoms with Gasteiger partial charge in [-0.3, -0.25) is 19.3 Å². The number of nitrogen functional groups attached to an aromatic ring is 1. The molecule has 0 radical (unpaired) electrons. The Morgan fingerprint density at radius 1 is 1.12 bits per heavy atom. The summed E-state index contributed by atoms with van der Waals surface area (Å²) in [6.45, 7) is 5.23. The van der Waals surface area contributed by atoms with Gasteiger partial charge in [-0.1, -0.05) is 13.3 Å². The number of alkyl halides is 3. The first-order valence-electron chi connectivity index (χ1n) is 14.1. The lowest BCUT2D eigenvalue weighted by Gasteiger charge is -2.39. The minimum absolute atomic E-state index is 0.0125. The van der Waals surface area contributed by atoms with Crippen LogP contribution in [0.4, 0.5) is 24.8 Å². The van der Waals surface area contributed by atoms with Crippen molar-refractivity contribution in [1.82, 2.24) is 25.1 Å². The molecule has 1 unspecified atom stereocenters. The Kier molecular flexibility index (Phi) is 9.76. The van der Waals surface area contributed by atoms with Crippen molar-refractivity contribution in [3.8, 4) is 0 Å². The Hall–Kier alpha value is -3.66. The lowest BCUT2D eigenvalue weighted by molar-refractivity contribution is -0.129. The van der Waals surface area contributed by atoms with Crippen LogP contribution in [0, 0.1) is 5.92 Å². The number of piperidine rings is 1. The van der Waals surface area contributed by atoms with E-state index in [2.05, 4.69) is 32.1 Å². The first-order chi connectivity index (χ1) is 19.9. The molecule has 4 rings (SSSR count). The van der Waals surface area contributed by atoms with E-state index in [4.69, 9.17) is 16.6 Å². The summed E-state index contributed by atoms with van der Waals surface area (Å²) in [7, 11) is 0. The standard InChI is InChI=1S/C26H38F3N9O4/c1-2-15-13-37(10-11-38(14-15)22-24(41)34-19(21(31)35-22)23(40)32-7-12-39)16-5-8-36(9-6-16)25(42)17-3-4-18(26(27,28)29)33-20(17)30/h15-16,39H,2-14,30H2,1H3,(H2,31,35)(H,32,40)(H,34,41). The van der Waals surface area contributed by atoms with Crippen LogP contribution in [0.2, 0.25) is 0 Å². The Morgan fingerprint density at radius 3 is 2.45 bits per heavy atom. The van der Waals surface area contributed by atoms with Gasteiger partial charge in [0.15, 0.2) is 11.6 Å². The maximum absolute atomic E-state index is 13.1. The molecular weight excluding hydrogens is 559 g/mol. The second kappa shape index (κ2) is 13.1. The van der Waals surface area contributed by atoms with E-state index in [0.29, 0.717) is 45.6 Å². The highest BCUT2D eigenvalue weighted by Crippen LogP contribution is 2.29. The maximum atomic E-state index is 13.1. The number of aromatic nitrogens is 2. The van der Waals surface area contributed by atoms with Crippen LogP contribution in [-0.4, -0.2) is 107 Å². The van der Waals surface area contributed by atoms with Crippen LogP contribution in [0.15, 0.2) is 21.2 Å². The van der Waals surface area contributed by atoms with Crippen molar-refractivity contribution in [3.63, 3.8) is 0 Å². The second-order valence-electron chi connectivity index (χ2n) is 10.8. The zero-order chi connectivity index (χ0) is 30.6. The fraction of sp³-hybridized carbons (Fsp3) is 0.654. The Morgan fingerprint density at radius 2 is 1.83 bits per heavy atom. The molecule has 13 nitrogen and oxygen atoms in total. The quantitative estimate of drug-likeness (QED) is 0.292. The number of halogens is 3. The summed E-state index contributed by atoms with van der Waals surface area (Å²) in [5.41, 5.74) is 10.2. The monoisotopic (exact) mass is 597 g/mol. The van der Waals surface area contributed by atoms with E-state index in [1.165, 1.54) is 0 Å². The lowest BCUT2D eigenvalue weighted by Crippen LogP contribution is -2.49. The summed E-state index contributed by atoms with van der Waals surface area (Å²) < 4.78 is 38.9. The number of aliphatic hydroxyl groups excluding tert-OH is 1. The van der Waals surface area contributed by atoms with Crippen LogP contribution in [0.1, 0.15) is 49.5 Å². The molecule has 3 aliphatic heterocycles. The van der Waals surface area contributed by atoms with Crippen LogP contribution in [0.5, 0.6) is 0 Å². The first kappa shape index (κ1) is 31.3. The fourth-order valence-corrected chi connectivity index (χ4v) is 5.70. The van der Waals surface area contributed by atoms with Gasteiger partial charge in [0.2, 0.25) is 0 Å². The minimum Gasteiger partial charge on any atom is -0.395 e. The molecule has 2 amide bonds. The van der Waals surface area contributed by atoms with E-state index in [-0.39, 0.29) is 72.6 Å². The predicted octanol–water partition coefficient (Wildman–Crippen LogP) is 0.181. The van der Waals surface area contributed by atoms with Gasteiger partial charge < -0.3 is 36.7 Å². The zero-order valence-corrected chi connectivity index (χ0v) is 23.5. The molecule has 1 atom stereocenters. The van der Waals surface area contributed by atoms with Crippen molar-refractivity contribution < 1.29 is 27.9 Å². The highest BCUT2D eigenvalue weighted by atomic mass is 19.4. The van der Waals surface area contributed by atoms with Crippen LogP contribution >= 0.6 is 0 Å². The Labute approximate surface area is 240 Å². The summed E-state index contributed by atoms with van der Waals surface area (Å²) in [6.07, 6.45) is -2.78. The molecule has 0 spiro atoms. The number of carbonyl (C=O) groups excluding carboxylic acids is 2. The largest absolute Gasteiger partial charge is 0.429 e. The summed E-state index contributed by atoms with van der Waals surface area (Å²) in [5.74, 6) is -1.10. The molecule has 16 heteroatoms. The maximum Gasteiger partial charge on any atom is 0.429 e. The summed E-state index contributed by atoms with van der Waals surface area (Å²) in [6, 6.07) is 0.185. The number of carbonyl (C=O) groups is 2. The second-order valence-corrected chi connectivity index (χ2v) is 10.8. The highest BCUT2D eigenvalue weighted by molar-refractivity contribution is 5.99. The van der Waals surface area contributed by atoms with E-state index < -0.39 is 23.4 Å². The topological polar surface area (TPSA) is 186 Å². The number of aliphatic hydroxyl groups is 1. The van der Waals surface area contributed by atoms with Gasteiger partial charge in [0.05, 0.1) is 12.2 Å². The third kappa shape index (κ3) is 7.03. The number of anilines is 2. The number of amides is 2. The molecule has 2 fully saturated rings. The molecular formula is C26H38F3N9O4. The number of nitrogens with zero attached hydrogens (tertiary/aromatic N) is 5. The summed E-state index contributed by atoms with van der Waals surface area (Å²) in [5, 5.41) is 11.4. The third-order valence-electron chi connectivity index (χ3n) is 8.08. The molecule has 232 valence electrons. The number of nitrogens with two attached hydrogens (primary N) is 2. The molecule has 4 heterocycles. The van der Waals surface area contributed by atoms with Crippen molar-refractivity contribution in [2.45, 2.75) is 51.2 Å². The van der Waals surface area contributed by atoms with Gasteiger partial charge in [-0.25, -0.2) is 9.98 Å². The normalized spacial score (nSPS) is 21.3. The Bertz CT molecular complexity index is 1290. The van der Waals surface area contributed by atoms with Gasteiger partial charge in [0.25, 0.3) is 17.4 Å². The van der Waals surface area contributed by atoms with E-state index >= 15 is 0 Å². The minimum atomic E-state index is -4.56. The highest BCUT2D eigenvalue weighted by Gasteiger charge is 2.39. The molecule has 0 bridgehead atoms. The number of hydrogen-bond donors (Lipinski definition) is 5. The van der Waals surface area contributed by atoms with Gasteiger partial charge >= 0.3 is 6.18 Å². The summed E-state index contributed by atoms with van der Waals surface area (Å²) in [4.78, 5) is 54.3. The number of nitrogens with one attached hydrogen (secondary N) is 2. The smallest absolute Gasteiger partial charge is 0.395 e. The van der Waals surface area contributed by atoms with E-state index in [0.717, 1.165) is 13.0 Å². The number of aliphatic imine (C=N–C) groups is 1. The molecule has 0 aromatic carbocycles. The first-order valence-corrected chi connectivity index (χ1v) is 14.1. The Balaban J connectivity index is 1.40. The molecule has 3 aliphatic rings. The average molecular weight is 598 g/mol. The average Bonchev–Trinajstić information content (AvgIpc) is 3.19. The molecule has 0 aliphatic carbocycles. The predicted molar refractivity (Wildman–Crippen MR) is 150 cm³/mol. The van der Waals surface area contributed by atoms with Crippen molar-refractivity contribution >= 4 is 29.2 Å². The van der Waals surface area contributed by atoms with Crippen LogP contribution in [-0.2, 0) is 4.79 Å². The molecule has 1 aromatic heterocycles. The van der Waals surface area contributed by atoms with Gasteiger partial charge in [-0.15, -0.1) is 0 Å². The van der Waals surface area contributed by atoms with Crippen molar-refractivity contribution in [1.29, 1.82) is 0 Å². The van der Waals surface area contributed by atoms with Crippen LogP contribution in [0.3, 0.4) is 0 Å². The number of hydrogen-bond acceptors (Lipinski definition) is 10. The lowest BCUT2D eigenvalue weighted by atomic mass is 9.98. The van der Waals surface area contributed by atoms with Crippen molar-refractivity contribution in [2.75, 3.05) is 63.1 Å². The molecule has 2 saturated heterocycles. The van der Waals surface area contributed by atoms with Crippen molar-refractivity contribution in [2.24, 2.45) is 16.6 Å². The van der Waals surface area contributed by atoms with Gasteiger partial charge in [0.1, 0.15) is 17.2 Å². The number of aromatic amines is 1. The molecule has 0 saturated carbocycles. The molecule has 1 aromatic rings. The van der Waals surface area contributed by atoms with E-state index in [9.17, 15) is 27.6 Å². The van der Waals surface area contributed by atoms with Gasteiger partial charge in [-0.05, 0) is 31.6 Å². The van der Waals surface area contributed by atoms with Crippen LogP contribution in [0.25, 0.3) is 0 Å². The number of H-pyrrole nitrogens is 1. The van der Waals surface area contributed by atoms with Crippen LogP contribution < -0.4 is 27.2 Å². The summed E-state index contributed by atoms with van der Waals surface area (Å²) >= 11 is 0. The fourth-order valence-electron chi connectivity index (χ4n) is 5.70. The SMILES string of the molecule is CCC1CN(c2nc(N)c(C(=O)NCCO)[nH]c2=O)CCN(C2CCN(C(=O)C3=C(N)N=C(C(F)(F)F)CC3)CC2)C1. The number of likely N-dealkylation sites (tertiary alicyclic amines) is 1. The van der Waals surface area contributed by atoms with E-state index in [1.54, 1.807) is 4.90 Å². The van der Waals surface area contributed by atoms with Crippen molar-refractivity contribution in [3.05, 3.63) is 27.4 Å². The van der Waals surface area contributed by atoms with Gasteiger partial charge in [0, 0.05) is 51.9 Å². The molecule has 42 heavy (non-hydrogen) atoms. The van der Waals surface area contributed by atoms with E-state index in [1.807, 2.05) is 4.90 Å².